The number of carbonyl (C=O) groups excluding carboxylic acids is 2. The highest BCUT2D eigenvalue weighted by molar-refractivity contribution is 5.89. The molecule has 0 unspecified atom stereocenters. The number of hydrogen-bond acceptors (Lipinski definition) is 4. The first kappa shape index (κ1) is 14.5. The standard InChI is InChI=1S/C15H20N2O3/c1-16-8-3-9-17(11-14(16)18)10-12-4-6-13(7-5-12)15(19)20-2/h4-7H,3,8-11H2,1-2H3. The lowest BCUT2D eigenvalue weighted by molar-refractivity contribution is -0.130. The third-order valence-electron chi connectivity index (χ3n) is 3.53. The monoisotopic (exact) mass is 276 g/mol. The van der Waals surface area contributed by atoms with Crippen LogP contribution in [0.3, 0.4) is 0 Å². The van der Waals surface area contributed by atoms with Crippen molar-refractivity contribution in [2.45, 2.75) is 13.0 Å². The molecule has 1 amide bonds. The van der Waals surface area contributed by atoms with E-state index in [0.717, 1.165) is 31.6 Å². The summed E-state index contributed by atoms with van der Waals surface area (Å²) in [7, 11) is 3.21. The highest BCUT2D eigenvalue weighted by atomic mass is 16.5. The first-order valence-electron chi connectivity index (χ1n) is 6.73. The largest absolute Gasteiger partial charge is 0.465 e. The summed E-state index contributed by atoms with van der Waals surface area (Å²) in [5.41, 5.74) is 1.64. The van der Waals surface area contributed by atoms with E-state index in [1.807, 2.05) is 19.2 Å². The Balaban J connectivity index is 1.99. The fourth-order valence-electron chi connectivity index (χ4n) is 2.30. The highest BCUT2D eigenvalue weighted by Crippen LogP contribution is 2.11. The second-order valence-electron chi connectivity index (χ2n) is 5.07. The van der Waals surface area contributed by atoms with Gasteiger partial charge in [0.05, 0.1) is 19.2 Å². The van der Waals surface area contributed by atoms with Crippen molar-refractivity contribution in [2.24, 2.45) is 0 Å². The number of carbonyl (C=O) groups is 2. The topological polar surface area (TPSA) is 49.9 Å². The van der Waals surface area contributed by atoms with E-state index >= 15 is 0 Å². The van der Waals surface area contributed by atoms with Gasteiger partial charge in [0.2, 0.25) is 5.91 Å². The molecule has 0 bridgehead atoms. The molecule has 5 heteroatoms. The number of hydrogen-bond donors (Lipinski definition) is 0. The molecule has 1 aliphatic heterocycles. The van der Waals surface area contributed by atoms with Crippen LogP contribution in [0.1, 0.15) is 22.3 Å². The molecule has 0 spiro atoms. The minimum Gasteiger partial charge on any atom is -0.465 e. The van der Waals surface area contributed by atoms with Crippen molar-refractivity contribution >= 4 is 11.9 Å². The number of rotatable bonds is 3. The summed E-state index contributed by atoms with van der Waals surface area (Å²) >= 11 is 0. The summed E-state index contributed by atoms with van der Waals surface area (Å²) in [6, 6.07) is 7.33. The lowest BCUT2D eigenvalue weighted by Gasteiger charge is -2.19. The molecule has 20 heavy (non-hydrogen) atoms. The van der Waals surface area contributed by atoms with E-state index in [-0.39, 0.29) is 11.9 Å². The Morgan fingerprint density at radius 1 is 1.25 bits per heavy atom. The zero-order valence-corrected chi connectivity index (χ0v) is 12.0. The molecular formula is C15H20N2O3. The maximum absolute atomic E-state index is 11.8. The maximum Gasteiger partial charge on any atom is 0.337 e. The number of nitrogens with zero attached hydrogens (tertiary/aromatic N) is 2. The van der Waals surface area contributed by atoms with Crippen LogP contribution in [-0.4, -0.2) is 55.5 Å². The Kier molecular flexibility index (Phi) is 4.74. The van der Waals surface area contributed by atoms with Crippen molar-refractivity contribution in [3.8, 4) is 0 Å². The van der Waals surface area contributed by atoms with E-state index in [9.17, 15) is 9.59 Å². The molecule has 1 aromatic rings. The van der Waals surface area contributed by atoms with Crippen LogP contribution in [0.15, 0.2) is 24.3 Å². The predicted octanol–water partition coefficient (Wildman–Crippen LogP) is 1.14. The van der Waals surface area contributed by atoms with E-state index in [4.69, 9.17) is 0 Å². The van der Waals surface area contributed by atoms with Gasteiger partial charge in [0, 0.05) is 26.7 Å². The van der Waals surface area contributed by atoms with Gasteiger partial charge in [0.1, 0.15) is 0 Å². The molecule has 1 aliphatic rings. The van der Waals surface area contributed by atoms with Gasteiger partial charge in [-0.15, -0.1) is 0 Å². The number of amides is 1. The molecule has 0 atom stereocenters. The molecule has 108 valence electrons. The van der Waals surface area contributed by atoms with Gasteiger partial charge in [0.25, 0.3) is 0 Å². The normalized spacial score (nSPS) is 16.9. The lowest BCUT2D eigenvalue weighted by Crippen LogP contribution is -2.34. The van der Waals surface area contributed by atoms with Crippen molar-refractivity contribution in [1.29, 1.82) is 0 Å². The lowest BCUT2D eigenvalue weighted by atomic mass is 10.1. The van der Waals surface area contributed by atoms with Crippen molar-refractivity contribution in [2.75, 3.05) is 33.8 Å². The SMILES string of the molecule is COC(=O)c1ccc(CN2CCCN(C)C(=O)C2)cc1. The number of benzene rings is 1. The summed E-state index contributed by atoms with van der Waals surface area (Å²) in [5, 5.41) is 0. The number of likely N-dealkylation sites (N-methyl/N-ethyl adjacent to an activating group) is 1. The van der Waals surface area contributed by atoms with E-state index in [0.29, 0.717) is 12.1 Å². The Bertz CT molecular complexity index is 484. The van der Waals surface area contributed by atoms with Gasteiger partial charge in [-0.1, -0.05) is 12.1 Å². The van der Waals surface area contributed by atoms with Gasteiger partial charge >= 0.3 is 5.97 Å². The molecule has 0 aliphatic carbocycles. The van der Waals surface area contributed by atoms with Crippen molar-refractivity contribution in [3.05, 3.63) is 35.4 Å². The zero-order chi connectivity index (χ0) is 14.5. The Hall–Kier alpha value is -1.88. The number of ether oxygens (including phenoxy) is 1. The number of methoxy groups -OCH3 is 1. The summed E-state index contributed by atoms with van der Waals surface area (Å²) in [6.07, 6.45) is 0.989. The Morgan fingerprint density at radius 3 is 2.60 bits per heavy atom. The van der Waals surface area contributed by atoms with Crippen LogP contribution in [0.5, 0.6) is 0 Å². The van der Waals surface area contributed by atoms with E-state index in [1.165, 1.54) is 7.11 Å². The second kappa shape index (κ2) is 6.52. The smallest absolute Gasteiger partial charge is 0.337 e. The highest BCUT2D eigenvalue weighted by Gasteiger charge is 2.18. The van der Waals surface area contributed by atoms with Gasteiger partial charge in [-0.25, -0.2) is 4.79 Å². The van der Waals surface area contributed by atoms with E-state index < -0.39 is 0 Å². The maximum atomic E-state index is 11.8. The van der Waals surface area contributed by atoms with Gasteiger partial charge in [-0.05, 0) is 24.1 Å². The second-order valence-corrected chi connectivity index (χ2v) is 5.07. The Morgan fingerprint density at radius 2 is 1.95 bits per heavy atom. The fraction of sp³-hybridized carbons (Fsp3) is 0.467. The Labute approximate surface area is 119 Å². The minimum atomic E-state index is -0.330. The molecule has 5 nitrogen and oxygen atoms in total. The van der Waals surface area contributed by atoms with Crippen LogP contribution in [0.25, 0.3) is 0 Å². The van der Waals surface area contributed by atoms with Crippen LogP contribution in [-0.2, 0) is 16.1 Å². The molecule has 2 rings (SSSR count). The molecule has 0 saturated carbocycles. The minimum absolute atomic E-state index is 0.161. The zero-order valence-electron chi connectivity index (χ0n) is 12.0. The molecule has 1 heterocycles. The summed E-state index contributed by atoms with van der Waals surface area (Å²) in [5.74, 6) is -0.170. The molecule has 1 fully saturated rings. The predicted molar refractivity (Wildman–Crippen MR) is 75.3 cm³/mol. The van der Waals surface area contributed by atoms with Gasteiger partial charge in [-0.3, -0.25) is 9.69 Å². The van der Waals surface area contributed by atoms with Crippen molar-refractivity contribution in [3.63, 3.8) is 0 Å². The molecule has 0 aromatic heterocycles. The summed E-state index contributed by atoms with van der Waals surface area (Å²) in [6.45, 7) is 2.90. The summed E-state index contributed by atoms with van der Waals surface area (Å²) < 4.78 is 4.67. The van der Waals surface area contributed by atoms with Crippen LogP contribution < -0.4 is 0 Å². The average molecular weight is 276 g/mol. The fourth-order valence-corrected chi connectivity index (χ4v) is 2.30. The molecule has 0 N–H and O–H groups in total. The molecule has 1 saturated heterocycles. The third-order valence-corrected chi connectivity index (χ3v) is 3.53. The van der Waals surface area contributed by atoms with Gasteiger partial charge < -0.3 is 9.64 Å². The van der Waals surface area contributed by atoms with Crippen LogP contribution in [0, 0.1) is 0 Å². The summed E-state index contributed by atoms with van der Waals surface area (Å²) in [4.78, 5) is 27.1. The van der Waals surface area contributed by atoms with Gasteiger partial charge in [0.15, 0.2) is 0 Å². The molecule has 1 aromatic carbocycles. The van der Waals surface area contributed by atoms with Crippen molar-refractivity contribution < 1.29 is 14.3 Å². The number of esters is 1. The first-order valence-corrected chi connectivity index (χ1v) is 6.73. The van der Waals surface area contributed by atoms with E-state index in [1.54, 1.807) is 17.0 Å². The average Bonchev–Trinajstić information content (AvgIpc) is 2.61. The van der Waals surface area contributed by atoms with Crippen molar-refractivity contribution in [1.82, 2.24) is 9.80 Å². The quantitative estimate of drug-likeness (QED) is 0.777. The van der Waals surface area contributed by atoms with Crippen LogP contribution >= 0.6 is 0 Å². The molecule has 0 radical (unpaired) electrons. The van der Waals surface area contributed by atoms with Crippen LogP contribution in [0.2, 0.25) is 0 Å². The van der Waals surface area contributed by atoms with E-state index in [2.05, 4.69) is 9.64 Å². The van der Waals surface area contributed by atoms with Gasteiger partial charge in [-0.2, -0.15) is 0 Å². The third kappa shape index (κ3) is 3.57. The first-order chi connectivity index (χ1) is 9.60. The molecular weight excluding hydrogens is 256 g/mol. The van der Waals surface area contributed by atoms with Crippen LogP contribution in [0.4, 0.5) is 0 Å².